The van der Waals surface area contributed by atoms with Gasteiger partial charge in [-0.3, -0.25) is 5.84 Å². The minimum Gasteiger partial charge on any atom is -0.494 e. The predicted molar refractivity (Wildman–Crippen MR) is 81.0 cm³/mol. The van der Waals surface area contributed by atoms with Crippen LogP contribution in [0.1, 0.15) is 22.7 Å². The molecule has 106 valence electrons. The molecule has 0 fully saturated rings. The Morgan fingerprint density at radius 1 is 1.20 bits per heavy atom. The summed E-state index contributed by atoms with van der Waals surface area (Å²) in [7, 11) is 1.44. The number of methoxy groups -OCH3 is 1. The van der Waals surface area contributed by atoms with Gasteiger partial charge in [-0.25, -0.2) is 9.82 Å². The smallest absolute Gasteiger partial charge is 0.170 e. The molecular weight excluding hydrogens is 323 g/mol. The summed E-state index contributed by atoms with van der Waals surface area (Å²) < 4.78 is 20.3. The lowest BCUT2D eigenvalue weighted by molar-refractivity contribution is 0.381. The van der Waals surface area contributed by atoms with Gasteiger partial charge < -0.3 is 4.74 Å². The standard InChI is InChI=1S/C15H16BrFN2O/c1-9-5-3-6-10(13(9)16)15(19-18)11-7-4-8-12(20-2)14(11)17/h3-8,15,19H,18H2,1-2H3. The van der Waals surface area contributed by atoms with Gasteiger partial charge in [0.15, 0.2) is 11.6 Å². The second-order valence-corrected chi connectivity index (χ2v) is 5.23. The molecule has 5 heteroatoms. The molecule has 0 aliphatic rings. The van der Waals surface area contributed by atoms with E-state index in [9.17, 15) is 4.39 Å². The van der Waals surface area contributed by atoms with Crippen molar-refractivity contribution in [3.8, 4) is 5.75 Å². The number of rotatable bonds is 4. The number of nitrogens with one attached hydrogen (secondary N) is 1. The van der Waals surface area contributed by atoms with E-state index in [1.165, 1.54) is 7.11 Å². The third-order valence-electron chi connectivity index (χ3n) is 3.22. The summed E-state index contributed by atoms with van der Waals surface area (Å²) in [5.74, 6) is 5.43. The lowest BCUT2D eigenvalue weighted by atomic mass is 9.97. The first kappa shape index (κ1) is 15.0. The molecule has 1 unspecified atom stereocenters. The van der Waals surface area contributed by atoms with E-state index in [1.54, 1.807) is 18.2 Å². The zero-order chi connectivity index (χ0) is 14.7. The van der Waals surface area contributed by atoms with Crippen molar-refractivity contribution in [2.45, 2.75) is 13.0 Å². The molecule has 0 bridgehead atoms. The average molecular weight is 339 g/mol. The van der Waals surface area contributed by atoms with Crippen LogP contribution in [0.25, 0.3) is 0 Å². The number of ether oxygens (including phenoxy) is 1. The monoisotopic (exact) mass is 338 g/mol. The predicted octanol–water partition coefficient (Wildman–Crippen LogP) is 3.46. The summed E-state index contributed by atoms with van der Waals surface area (Å²) in [5.41, 5.74) is 5.05. The topological polar surface area (TPSA) is 47.3 Å². The molecule has 0 radical (unpaired) electrons. The molecule has 0 aliphatic heterocycles. The van der Waals surface area contributed by atoms with Gasteiger partial charge in [0.2, 0.25) is 0 Å². The molecule has 20 heavy (non-hydrogen) atoms. The Balaban J connectivity index is 2.56. The lowest BCUT2D eigenvalue weighted by Crippen LogP contribution is -2.30. The number of aryl methyl sites for hydroxylation is 1. The highest BCUT2D eigenvalue weighted by molar-refractivity contribution is 9.10. The van der Waals surface area contributed by atoms with Crippen molar-refractivity contribution in [1.29, 1.82) is 0 Å². The van der Waals surface area contributed by atoms with Crippen LogP contribution in [0.5, 0.6) is 5.75 Å². The maximum atomic E-state index is 14.4. The van der Waals surface area contributed by atoms with Crippen LogP contribution in [0.2, 0.25) is 0 Å². The summed E-state index contributed by atoms with van der Waals surface area (Å²) in [5, 5.41) is 0. The fraction of sp³-hybridized carbons (Fsp3) is 0.200. The SMILES string of the molecule is COc1cccc(C(NN)c2cccc(C)c2Br)c1F. The summed E-state index contributed by atoms with van der Waals surface area (Å²) >= 11 is 3.53. The number of nitrogens with two attached hydrogens (primary N) is 1. The van der Waals surface area contributed by atoms with Gasteiger partial charge in [-0.05, 0) is 24.1 Å². The molecule has 0 spiro atoms. The van der Waals surface area contributed by atoms with Crippen LogP contribution < -0.4 is 16.0 Å². The van der Waals surface area contributed by atoms with Crippen molar-refractivity contribution in [2.24, 2.45) is 5.84 Å². The van der Waals surface area contributed by atoms with Crippen LogP contribution in [0.3, 0.4) is 0 Å². The molecular formula is C15H16BrFN2O. The Kier molecular flexibility index (Phi) is 4.75. The highest BCUT2D eigenvalue weighted by Crippen LogP contribution is 2.33. The lowest BCUT2D eigenvalue weighted by Gasteiger charge is -2.20. The fourth-order valence-corrected chi connectivity index (χ4v) is 2.64. The summed E-state index contributed by atoms with van der Waals surface area (Å²) in [6.45, 7) is 1.98. The van der Waals surface area contributed by atoms with E-state index in [-0.39, 0.29) is 5.75 Å². The van der Waals surface area contributed by atoms with E-state index < -0.39 is 11.9 Å². The van der Waals surface area contributed by atoms with Gasteiger partial charge in [0.05, 0.1) is 13.2 Å². The maximum Gasteiger partial charge on any atom is 0.170 e. The van der Waals surface area contributed by atoms with Crippen molar-refractivity contribution >= 4 is 15.9 Å². The minimum atomic E-state index is -0.459. The van der Waals surface area contributed by atoms with E-state index in [1.807, 2.05) is 25.1 Å². The Labute approximate surface area is 126 Å². The molecule has 0 amide bonds. The van der Waals surface area contributed by atoms with Crippen LogP contribution in [-0.2, 0) is 0 Å². The van der Waals surface area contributed by atoms with E-state index in [0.29, 0.717) is 5.56 Å². The fourth-order valence-electron chi connectivity index (χ4n) is 2.15. The number of halogens is 2. The highest BCUT2D eigenvalue weighted by Gasteiger charge is 2.21. The molecule has 3 N–H and O–H groups in total. The Morgan fingerprint density at radius 2 is 1.85 bits per heavy atom. The number of benzene rings is 2. The zero-order valence-electron chi connectivity index (χ0n) is 11.3. The first-order chi connectivity index (χ1) is 9.60. The molecule has 2 rings (SSSR count). The van der Waals surface area contributed by atoms with E-state index >= 15 is 0 Å². The van der Waals surface area contributed by atoms with Gasteiger partial charge in [0.25, 0.3) is 0 Å². The number of hydrogen-bond donors (Lipinski definition) is 2. The summed E-state index contributed by atoms with van der Waals surface area (Å²) in [6, 6.07) is 10.3. The van der Waals surface area contributed by atoms with Crippen LogP contribution in [-0.4, -0.2) is 7.11 Å². The van der Waals surface area contributed by atoms with Crippen LogP contribution >= 0.6 is 15.9 Å². The van der Waals surface area contributed by atoms with Crippen molar-refractivity contribution in [1.82, 2.24) is 5.43 Å². The van der Waals surface area contributed by atoms with Crippen molar-refractivity contribution in [3.05, 3.63) is 63.4 Å². The van der Waals surface area contributed by atoms with E-state index in [0.717, 1.165) is 15.6 Å². The second-order valence-electron chi connectivity index (χ2n) is 4.44. The molecule has 0 aromatic heterocycles. The van der Waals surface area contributed by atoms with E-state index in [4.69, 9.17) is 10.6 Å². The molecule has 0 saturated carbocycles. The number of hydrogen-bond acceptors (Lipinski definition) is 3. The van der Waals surface area contributed by atoms with Gasteiger partial charge in [-0.15, -0.1) is 0 Å². The quantitative estimate of drug-likeness (QED) is 0.663. The summed E-state index contributed by atoms with van der Waals surface area (Å²) in [6.07, 6.45) is 0. The molecule has 0 heterocycles. The minimum absolute atomic E-state index is 0.200. The van der Waals surface area contributed by atoms with Crippen molar-refractivity contribution < 1.29 is 9.13 Å². The average Bonchev–Trinajstić information content (AvgIpc) is 2.46. The molecule has 0 saturated heterocycles. The van der Waals surface area contributed by atoms with Crippen molar-refractivity contribution in [2.75, 3.05) is 7.11 Å². The van der Waals surface area contributed by atoms with E-state index in [2.05, 4.69) is 21.4 Å². The van der Waals surface area contributed by atoms with Crippen LogP contribution in [0.4, 0.5) is 4.39 Å². The number of hydrazine groups is 1. The third-order valence-corrected chi connectivity index (χ3v) is 4.31. The van der Waals surface area contributed by atoms with Gasteiger partial charge in [0.1, 0.15) is 0 Å². The third kappa shape index (κ3) is 2.70. The highest BCUT2D eigenvalue weighted by atomic mass is 79.9. The normalized spacial score (nSPS) is 12.2. The molecule has 2 aromatic rings. The zero-order valence-corrected chi connectivity index (χ0v) is 12.9. The Hall–Kier alpha value is -1.43. The first-order valence-electron chi connectivity index (χ1n) is 6.13. The summed E-state index contributed by atoms with van der Waals surface area (Å²) in [4.78, 5) is 0. The second kappa shape index (κ2) is 6.35. The maximum absolute atomic E-state index is 14.4. The molecule has 3 nitrogen and oxygen atoms in total. The molecule has 2 aromatic carbocycles. The molecule has 0 aliphatic carbocycles. The Bertz CT molecular complexity index is 619. The van der Waals surface area contributed by atoms with Gasteiger partial charge >= 0.3 is 0 Å². The van der Waals surface area contributed by atoms with Crippen LogP contribution in [0, 0.1) is 12.7 Å². The van der Waals surface area contributed by atoms with Crippen LogP contribution in [0.15, 0.2) is 40.9 Å². The van der Waals surface area contributed by atoms with Gasteiger partial charge in [0, 0.05) is 10.0 Å². The Morgan fingerprint density at radius 3 is 2.50 bits per heavy atom. The van der Waals surface area contributed by atoms with Crippen molar-refractivity contribution in [3.63, 3.8) is 0 Å². The van der Waals surface area contributed by atoms with Gasteiger partial charge in [-0.2, -0.15) is 0 Å². The molecule has 1 atom stereocenters. The largest absolute Gasteiger partial charge is 0.494 e. The van der Waals surface area contributed by atoms with Gasteiger partial charge in [-0.1, -0.05) is 46.3 Å². The first-order valence-corrected chi connectivity index (χ1v) is 6.93.